The van der Waals surface area contributed by atoms with Gasteiger partial charge in [-0.3, -0.25) is 14.4 Å². The van der Waals surface area contributed by atoms with Crippen molar-refractivity contribution in [3.63, 3.8) is 0 Å². The first kappa shape index (κ1) is 30.8. The van der Waals surface area contributed by atoms with E-state index in [1.54, 1.807) is 20.8 Å². The first-order chi connectivity index (χ1) is 22.2. The van der Waals surface area contributed by atoms with Crippen molar-refractivity contribution in [2.75, 3.05) is 29.5 Å². The van der Waals surface area contributed by atoms with E-state index in [1.165, 1.54) is 11.8 Å². The summed E-state index contributed by atoms with van der Waals surface area (Å²) in [5.41, 5.74) is 3.15. The van der Waals surface area contributed by atoms with Crippen LogP contribution in [0.3, 0.4) is 0 Å². The van der Waals surface area contributed by atoms with Crippen molar-refractivity contribution in [2.45, 2.75) is 41.8 Å². The molecule has 3 aromatic rings. The number of aliphatic hydroxyl groups excluding tert-OH is 1. The molecule has 46 heavy (non-hydrogen) atoms. The Morgan fingerprint density at radius 1 is 0.848 bits per heavy atom. The van der Waals surface area contributed by atoms with Crippen molar-refractivity contribution in [1.82, 2.24) is 4.90 Å². The molecule has 2 fully saturated rings. The number of amides is 3. The molecule has 0 bridgehead atoms. The highest BCUT2D eigenvalue weighted by Gasteiger charge is 2.74. The van der Waals surface area contributed by atoms with Gasteiger partial charge in [0.15, 0.2) is 0 Å². The van der Waals surface area contributed by atoms with Crippen LogP contribution in [0.15, 0.2) is 103 Å². The first-order valence-electron chi connectivity index (χ1n) is 15.7. The minimum Gasteiger partial charge on any atom is -0.394 e. The van der Waals surface area contributed by atoms with Crippen LogP contribution in [0, 0.1) is 18.8 Å². The Hall–Kier alpha value is -3.85. The van der Waals surface area contributed by atoms with E-state index in [1.807, 2.05) is 105 Å². The lowest BCUT2D eigenvalue weighted by Gasteiger charge is -2.40. The number of para-hydroxylation sites is 2. The Bertz CT molecular complexity index is 1730. The molecule has 4 aliphatic rings. The van der Waals surface area contributed by atoms with Crippen LogP contribution in [-0.2, 0) is 20.8 Å². The van der Waals surface area contributed by atoms with Gasteiger partial charge in [0.1, 0.15) is 6.04 Å². The van der Waals surface area contributed by atoms with Crippen LogP contribution in [0.2, 0.25) is 5.02 Å². The SMILES string of the molecule is Cc1cccc(Cl)c1N1CC=C[C@]23S[C@@]4(C)C=CCN(c5ccccc5)C(=O)[C@H]4[C@H]2C(=O)N([C@@H](CO)Cc2ccccc2)C3C1=O. The van der Waals surface area contributed by atoms with Crippen molar-refractivity contribution in [2.24, 2.45) is 11.8 Å². The molecule has 0 saturated carbocycles. The number of aryl methyl sites for hydroxylation is 1. The van der Waals surface area contributed by atoms with Crippen LogP contribution in [0.5, 0.6) is 0 Å². The summed E-state index contributed by atoms with van der Waals surface area (Å²) < 4.78 is -1.80. The number of nitrogens with zero attached hydrogens (tertiary/aromatic N) is 3. The van der Waals surface area contributed by atoms with E-state index in [0.29, 0.717) is 23.7 Å². The molecule has 3 amide bonds. The number of halogens is 1. The standard InChI is InChI=1S/C37H36ClN3O4S/c1-24-12-9-17-28(38)31(24)40-21-11-19-37-30(29-33(43)39(26-15-7-4-8-16-26)20-10-18-36(29,2)46-37)34(44)41(32(37)35(40)45)27(23-42)22-25-13-5-3-6-14-25/h3-19,27,29-30,32,42H,20-23H2,1-2H3/t27-,29-,30+,32?,36+,37+/m1/s1. The normalized spacial score (nSPS) is 29.3. The Balaban J connectivity index is 1.39. The Morgan fingerprint density at radius 2 is 1.52 bits per heavy atom. The highest BCUT2D eigenvalue weighted by atomic mass is 35.5. The number of carbonyl (C=O) groups excluding carboxylic acids is 3. The van der Waals surface area contributed by atoms with Gasteiger partial charge in [-0.2, -0.15) is 0 Å². The van der Waals surface area contributed by atoms with E-state index in [0.717, 1.165) is 16.8 Å². The van der Waals surface area contributed by atoms with Crippen LogP contribution in [-0.4, -0.2) is 69.0 Å². The highest BCUT2D eigenvalue weighted by molar-refractivity contribution is 8.02. The van der Waals surface area contributed by atoms with E-state index >= 15 is 9.59 Å². The number of hydrogen-bond acceptors (Lipinski definition) is 5. The lowest BCUT2D eigenvalue weighted by Crippen LogP contribution is -2.57. The summed E-state index contributed by atoms with van der Waals surface area (Å²) in [6.45, 7) is 4.24. The van der Waals surface area contributed by atoms with Gasteiger partial charge in [0, 0.05) is 23.5 Å². The third-order valence-electron chi connectivity index (χ3n) is 9.94. The number of benzene rings is 3. The van der Waals surface area contributed by atoms with Gasteiger partial charge in [-0.05, 0) is 49.6 Å². The summed E-state index contributed by atoms with van der Waals surface area (Å²) in [6.07, 6.45) is 8.36. The lowest BCUT2D eigenvalue weighted by molar-refractivity contribution is -0.142. The van der Waals surface area contributed by atoms with Crippen LogP contribution < -0.4 is 9.80 Å². The predicted molar refractivity (Wildman–Crippen MR) is 183 cm³/mol. The van der Waals surface area contributed by atoms with Gasteiger partial charge < -0.3 is 19.8 Å². The monoisotopic (exact) mass is 653 g/mol. The van der Waals surface area contributed by atoms with E-state index in [-0.39, 0.29) is 30.9 Å². The fourth-order valence-corrected chi connectivity index (χ4v) is 10.5. The molecular weight excluding hydrogens is 618 g/mol. The zero-order valence-corrected chi connectivity index (χ0v) is 27.3. The third kappa shape index (κ3) is 4.72. The van der Waals surface area contributed by atoms with Crippen molar-refractivity contribution in [1.29, 1.82) is 0 Å². The quantitative estimate of drug-likeness (QED) is 0.358. The van der Waals surface area contributed by atoms with E-state index in [9.17, 15) is 9.90 Å². The maximum atomic E-state index is 15.1. The van der Waals surface area contributed by atoms with Crippen molar-refractivity contribution in [3.05, 3.63) is 119 Å². The number of aliphatic hydroxyl groups is 1. The second kappa shape index (κ2) is 11.7. The fourth-order valence-electron chi connectivity index (χ4n) is 8.00. The molecule has 1 N–H and O–H groups in total. The molecule has 0 aromatic heterocycles. The predicted octanol–water partition coefficient (Wildman–Crippen LogP) is 5.45. The Morgan fingerprint density at radius 3 is 2.22 bits per heavy atom. The first-order valence-corrected chi connectivity index (χ1v) is 16.8. The van der Waals surface area contributed by atoms with E-state index in [2.05, 4.69) is 6.08 Å². The molecule has 7 nitrogen and oxygen atoms in total. The largest absolute Gasteiger partial charge is 0.394 e. The fraction of sp³-hybridized carbons (Fsp3) is 0.324. The molecule has 3 aromatic carbocycles. The highest BCUT2D eigenvalue weighted by Crippen LogP contribution is 2.66. The van der Waals surface area contributed by atoms with Gasteiger partial charge in [-0.1, -0.05) is 96.6 Å². The zero-order valence-electron chi connectivity index (χ0n) is 25.8. The number of anilines is 2. The third-order valence-corrected chi connectivity index (χ3v) is 12.0. The smallest absolute Gasteiger partial charge is 0.251 e. The lowest BCUT2D eigenvalue weighted by atomic mass is 9.74. The van der Waals surface area contributed by atoms with Crippen molar-refractivity contribution in [3.8, 4) is 0 Å². The number of likely N-dealkylation sites (tertiary alicyclic amines) is 1. The van der Waals surface area contributed by atoms with Crippen LogP contribution in [0.1, 0.15) is 18.1 Å². The second-order valence-corrected chi connectivity index (χ2v) is 14.9. The summed E-state index contributed by atoms with van der Waals surface area (Å²) >= 11 is 8.26. The van der Waals surface area contributed by atoms with Gasteiger partial charge in [0.25, 0.3) is 5.91 Å². The molecule has 0 aliphatic carbocycles. The van der Waals surface area contributed by atoms with Gasteiger partial charge in [-0.15, -0.1) is 11.8 Å². The number of hydrogen-bond donors (Lipinski definition) is 1. The van der Waals surface area contributed by atoms with Gasteiger partial charge >= 0.3 is 0 Å². The number of fused-ring (bicyclic) bond motifs is 2. The molecule has 6 atom stereocenters. The summed E-state index contributed by atoms with van der Waals surface area (Å²) in [5, 5.41) is 11.3. The van der Waals surface area contributed by atoms with Crippen LogP contribution >= 0.6 is 23.4 Å². The molecule has 9 heteroatoms. The maximum Gasteiger partial charge on any atom is 0.251 e. The maximum absolute atomic E-state index is 15.1. The number of carbonyl (C=O) groups is 3. The molecule has 0 radical (unpaired) electrons. The zero-order chi connectivity index (χ0) is 32.2. The van der Waals surface area contributed by atoms with Crippen molar-refractivity contribution >= 4 is 52.5 Å². The van der Waals surface area contributed by atoms with Gasteiger partial charge in [0.05, 0.1) is 39.9 Å². The molecule has 4 heterocycles. The summed E-state index contributed by atoms with van der Waals surface area (Å²) in [7, 11) is 0. The summed E-state index contributed by atoms with van der Waals surface area (Å²) in [5.74, 6) is -2.26. The molecule has 1 unspecified atom stereocenters. The molecule has 2 saturated heterocycles. The topological polar surface area (TPSA) is 81.2 Å². The van der Waals surface area contributed by atoms with Crippen LogP contribution in [0.4, 0.5) is 11.4 Å². The summed E-state index contributed by atoms with van der Waals surface area (Å²) in [4.78, 5) is 49.8. The summed E-state index contributed by atoms with van der Waals surface area (Å²) in [6, 6.07) is 23.0. The molecule has 1 spiro atoms. The molecular formula is C37H36ClN3O4S. The molecule has 7 rings (SSSR count). The van der Waals surface area contributed by atoms with E-state index < -0.39 is 33.4 Å². The van der Waals surface area contributed by atoms with E-state index in [4.69, 9.17) is 11.6 Å². The molecule has 236 valence electrons. The Kier molecular flexibility index (Phi) is 7.86. The minimum absolute atomic E-state index is 0.144. The Labute approximate surface area is 278 Å². The molecule has 4 aliphatic heterocycles. The van der Waals surface area contributed by atoms with Crippen molar-refractivity contribution < 1.29 is 19.5 Å². The average Bonchev–Trinajstić information content (AvgIpc) is 3.33. The number of thioether (sulfide) groups is 1. The second-order valence-electron chi connectivity index (χ2n) is 12.7. The number of rotatable bonds is 6. The van der Waals surface area contributed by atoms with Gasteiger partial charge in [0.2, 0.25) is 11.8 Å². The minimum atomic E-state index is -1.05. The van der Waals surface area contributed by atoms with Gasteiger partial charge in [-0.25, -0.2) is 0 Å². The average molecular weight is 654 g/mol. The van der Waals surface area contributed by atoms with Crippen LogP contribution in [0.25, 0.3) is 0 Å².